The number of hydrogen-bond donors (Lipinski definition) is 1. The van der Waals surface area contributed by atoms with Crippen molar-refractivity contribution >= 4 is 35.1 Å². The van der Waals surface area contributed by atoms with E-state index in [0.29, 0.717) is 18.6 Å². The summed E-state index contributed by atoms with van der Waals surface area (Å²) in [4.78, 5) is 2.54. The van der Waals surface area contributed by atoms with Crippen LogP contribution in [0.3, 0.4) is 0 Å². The number of nitrogens with one attached hydrogen (secondary N) is 1. The average molecular weight is 381 g/mol. The van der Waals surface area contributed by atoms with E-state index >= 15 is 0 Å². The Hall–Kier alpha value is -0.690. The van der Waals surface area contributed by atoms with E-state index in [4.69, 9.17) is 0 Å². The smallest absolute Gasteiger partial charge is 0.153 e. The van der Waals surface area contributed by atoms with Gasteiger partial charge in [-0.25, -0.2) is 4.39 Å². The van der Waals surface area contributed by atoms with E-state index < -0.39 is 5.15 Å². The van der Waals surface area contributed by atoms with Gasteiger partial charge in [-0.15, -0.1) is 0 Å². The van der Waals surface area contributed by atoms with Crippen LogP contribution >= 0.6 is 18.5 Å². The highest BCUT2D eigenvalue weighted by Gasteiger charge is 2.23. The number of fused-ring (bicyclic) bond motifs is 1. The van der Waals surface area contributed by atoms with Crippen LogP contribution in [-0.4, -0.2) is 39.8 Å². The highest BCUT2D eigenvalue weighted by atomic mass is 31.1. The fourth-order valence-electron chi connectivity index (χ4n) is 3.78. The number of benzene rings is 1. The summed E-state index contributed by atoms with van der Waals surface area (Å²) in [6.45, 7) is 9.19. The summed E-state index contributed by atoms with van der Waals surface area (Å²) in [6.07, 6.45) is 2.33. The molecule has 3 rings (SSSR count). The Kier molecular flexibility index (Phi) is 5.73. The van der Waals surface area contributed by atoms with Gasteiger partial charge < -0.3 is 14.8 Å². The van der Waals surface area contributed by atoms with E-state index in [1.807, 2.05) is 6.92 Å². The molecule has 2 unspecified atom stereocenters. The van der Waals surface area contributed by atoms with Crippen LogP contribution in [0.5, 0.6) is 0 Å². The van der Waals surface area contributed by atoms with Crippen LogP contribution in [0.4, 0.5) is 10.1 Å². The molecule has 2 heterocycles. The Bertz CT molecular complexity index is 728. The van der Waals surface area contributed by atoms with Crippen LogP contribution in [0.15, 0.2) is 24.3 Å². The first-order valence-corrected chi connectivity index (χ1v) is 10.3. The third kappa shape index (κ3) is 4.54. The summed E-state index contributed by atoms with van der Waals surface area (Å²) in [6, 6.07) is 9.59. The summed E-state index contributed by atoms with van der Waals surface area (Å²) >= 11 is 0. The molecule has 0 amide bonds. The number of anilines is 1. The van der Waals surface area contributed by atoms with Gasteiger partial charge in [0.2, 0.25) is 0 Å². The second-order valence-corrected chi connectivity index (χ2v) is 10.2. The van der Waals surface area contributed by atoms with Crippen LogP contribution in [0.2, 0.25) is 0 Å². The zero-order valence-corrected chi connectivity index (χ0v) is 17.7. The van der Waals surface area contributed by atoms with Gasteiger partial charge in [-0.3, -0.25) is 0 Å². The van der Waals surface area contributed by atoms with E-state index in [9.17, 15) is 4.39 Å². The van der Waals surface area contributed by atoms with Gasteiger partial charge in [0.05, 0.1) is 12.1 Å². The summed E-state index contributed by atoms with van der Waals surface area (Å²) in [5.41, 5.74) is 3.35. The van der Waals surface area contributed by atoms with Crippen molar-refractivity contribution in [3.8, 4) is 0 Å². The van der Waals surface area contributed by atoms with Gasteiger partial charge in [-0.2, -0.15) is 0 Å². The Balaban J connectivity index is 1.80. The van der Waals surface area contributed by atoms with Crippen LogP contribution < -0.4 is 5.32 Å². The molecule has 0 radical (unpaired) electrons. The molecule has 3 nitrogen and oxygen atoms in total. The Morgan fingerprint density at radius 1 is 1.28 bits per heavy atom. The molecule has 138 valence electrons. The lowest BCUT2D eigenvalue weighted by Crippen LogP contribution is -2.42. The second kappa shape index (κ2) is 7.51. The van der Waals surface area contributed by atoms with Gasteiger partial charge in [-0.1, -0.05) is 24.5 Å². The van der Waals surface area contributed by atoms with Crippen molar-refractivity contribution in [1.29, 1.82) is 0 Å². The maximum Gasteiger partial charge on any atom is 0.153 e. The number of alkyl halides is 1. The molecule has 1 aromatic carbocycles. The van der Waals surface area contributed by atoms with E-state index in [1.54, 1.807) is 0 Å². The van der Waals surface area contributed by atoms with E-state index in [0.717, 1.165) is 24.3 Å². The molecule has 1 aliphatic rings. The number of aryl methyl sites for hydroxylation is 1. The minimum atomic E-state index is -1.39. The number of hydrogen-bond acceptors (Lipinski definition) is 2. The molecule has 1 fully saturated rings. The lowest BCUT2D eigenvalue weighted by atomic mass is 10.0. The number of aromatic nitrogens is 1. The first-order chi connectivity index (χ1) is 11.7. The molecule has 0 bridgehead atoms. The zero-order valence-electron chi connectivity index (χ0n) is 15.4. The van der Waals surface area contributed by atoms with E-state index in [1.165, 1.54) is 23.9 Å². The van der Waals surface area contributed by atoms with Crippen LogP contribution in [0.1, 0.15) is 32.4 Å². The summed E-state index contributed by atoms with van der Waals surface area (Å²) in [7, 11) is 4.53. The average Bonchev–Trinajstić information content (AvgIpc) is 2.84. The Labute approximate surface area is 155 Å². The molecule has 0 aliphatic carbocycles. The molecule has 6 heteroatoms. The SMILES string of the molecule is Cc1cc2c(NC3CCN(C(C)C)CC3)cccc2n1CC(F)(P)P. The van der Waals surface area contributed by atoms with Gasteiger partial charge in [-0.05, 0) is 51.8 Å². The van der Waals surface area contributed by atoms with Crippen molar-refractivity contribution in [3.63, 3.8) is 0 Å². The molecule has 25 heavy (non-hydrogen) atoms. The first-order valence-electron chi connectivity index (χ1n) is 9.11. The Morgan fingerprint density at radius 3 is 2.56 bits per heavy atom. The van der Waals surface area contributed by atoms with Crippen LogP contribution in [0, 0.1) is 6.92 Å². The fraction of sp³-hybridized carbons (Fsp3) is 0.579. The number of rotatable bonds is 5. The minimum Gasteiger partial charge on any atom is -0.382 e. The van der Waals surface area contributed by atoms with E-state index in [2.05, 4.69) is 71.4 Å². The standard InChI is InChI=1S/C19H30FN3P2/c1-13(2)22-9-7-15(8-10-22)21-17-5-4-6-18-16(17)11-14(3)23(18)12-19(20,24)25/h4-6,11,13,15,21H,7-10,12,24-25H2,1-3H3. The minimum absolute atomic E-state index is 0.313. The molecule has 1 saturated heterocycles. The summed E-state index contributed by atoms with van der Waals surface area (Å²) < 4.78 is 16.2. The molecule has 0 spiro atoms. The fourth-order valence-corrected chi connectivity index (χ4v) is 4.14. The maximum absolute atomic E-state index is 14.1. The topological polar surface area (TPSA) is 20.2 Å². The van der Waals surface area contributed by atoms with Crippen molar-refractivity contribution in [3.05, 3.63) is 30.0 Å². The van der Waals surface area contributed by atoms with Gasteiger partial charge in [0.15, 0.2) is 5.15 Å². The number of likely N-dealkylation sites (tertiary alicyclic amines) is 1. The molecule has 1 aliphatic heterocycles. The van der Waals surface area contributed by atoms with Crippen molar-refractivity contribution < 1.29 is 4.39 Å². The highest BCUT2D eigenvalue weighted by molar-refractivity contribution is 7.39. The van der Waals surface area contributed by atoms with Gasteiger partial charge in [0, 0.05) is 41.9 Å². The predicted molar refractivity (Wildman–Crippen MR) is 113 cm³/mol. The van der Waals surface area contributed by atoms with Crippen LogP contribution in [0.25, 0.3) is 10.9 Å². The second-order valence-electron chi connectivity index (χ2n) is 7.59. The predicted octanol–water partition coefficient (Wildman–Crippen LogP) is 4.61. The normalized spacial score (nSPS) is 17.6. The van der Waals surface area contributed by atoms with Crippen LogP contribution in [-0.2, 0) is 6.54 Å². The van der Waals surface area contributed by atoms with Gasteiger partial charge in [0.25, 0.3) is 0 Å². The van der Waals surface area contributed by atoms with Crippen molar-refractivity contribution in [2.75, 3.05) is 18.4 Å². The third-order valence-electron chi connectivity index (χ3n) is 5.17. The van der Waals surface area contributed by atoms with E-state index in [-0.39, 0.29) is 0 Å². The molecule has 2 aromatic rings. The number of nitrogens with zero attached hydrogens (tertiary/aromatic N) is 2. The molecule has 0 saturated carbocycles. The van der Waals surface area contributed by atoms with Crippen molar-refractivity contribution in [1.82, 2.24) is 9.47 Å². The lowest BCUT2D eigenvalue weighted by Gasteiger charge is -2.35. The molecule has 1 N–H and O–H groups in total. The highest BCUT2D eigenvalue weighted by Crippen LogP contribution is 2.35. The number of piperidine rings is 1. The molecule has 2 atom stereocenters. The summed E-state index contributed by atoms with van der Waals surface area (Å²) in [5.74, 6) is 0. The molecular formula is C19H30FN3P2. The lowest BCUT2D eigenvalue weighted by molar-refractivity contribution is 0.177. The van der Waals surface area contributed by atoms with Gasteiger partial charge in [0.1, 0.15) is 0 Å². The summed E-state index contributed by atoms with van der Waals surface area (Å²) in [5, 5.41) is 3.54. The zero-order chi connectivity index (χ0) is 18.2. The quantitative estimate of drug-likeness (QED) is 0.764. The number of halogens is 1. The van der Waals surface area contributed by atoms with Crippen molar-refractivity contribution in [2.45, 2.75) is 57.4 Å². The molecule has 1 aromatic heterocycles. The Morgan fingerprint density at radius 2 is 1.96 bits per heavy atom. The third-order valence-corrected chi connectivity index (χ3v) is 5.54. The largest absolute Gasteiger partial charge is 0.382 e. The monoisotopic (exact) mass is 381 g/mol. The maximum atomic E-state index is 14.1. The van der Waals surface area contributed by atoms with Gasteiger partial charge >= 0.3 is 0 Å². The van der Waals surface area contributed by atoms with Crippen molar-refractivity contribution in [2.24, 2.45) is 0 Å². The first kappa shape index (κ1) is 19.1. The molecular weight excluding hydrogens is 351 g/mol.